The molecule has 1 heterocycles. The molecule has 142 valence electrons. The molecule has 0 aliphatic carbocycles. The fraction of sp³-hybridized carbons (Fsp3) is 0.667. The number of unbranched alkanes of at least 4 members (excludes halogenated alkanes) is 12. The van der Waals surface area contributed by atoms with Crippen LogP contribution in [0.4, 0.5) is 5.00 Å². The standard InChI is InChI=1S/C21H35NO2S/c1-2-3-4-5-6-7-8-9-10-11-12-13-14-15-18-22-20-17-16-19(25-20)21(23)24/h2,16-17,22H,1,3-15,18H2,(H,23,24). The molecule has 0 fully saturated rings. The third kappa shape index (κ3) is 11.8. The average Bonchev–Trinajstić information content (AvgIpc) is 3.07. The fourth-order valence-electron chi connectivity index (χ4n) is 2.94. The first-order valence-electron chi connectivity index (χ1n) is 9.92. The normalized spacial score (nSPS) is 10.7. The number of carbonyl (C=O) groups is 1. The van der Waals surface area contributed by atoms with Crippen LogP contribution in [0.15, 0.2) is 24.8 Å². The van der Waals surface area contributed by atoms with Crippen LogP contribution >= 0.6 is 11.3 Å². The van der Waals surface area contributed by atoms with Crippen LogP contribution in [0.5, 0.6) is 0 Å². The molecule has 0 aliphatic heterocycles. The Morgan fingerprint density at radius 3 is 1.92 bits per heavy atom. The number of hydrogen-bond donors (Lipinski definition) is 2. The summed E-state index contributed by atoms with van der Waals surface area (Å²) in [6, 6.07) is 3.52. The van der Waals surface area contributed by atoms with Crippen LogP contribution in [-0.4, -0.2) is 17.6 Å². The maximum Gasteiger partial charge on any atom is 0.345 e. The number of carboxylic acids is 1. The van der Waals surface area contributed by atoms with Crippen molar-refractivity contribution in [3.05, 3.63) is 29.7 Å². The van der Waals surface area contributed by atoms with Gasteiger partial charge in [-0.2, -0.15) is 0 Å². The number of carboxylic acid groups (broad SMARTS) is 1. The first-order chi connectivity index (χ1) is 12.2. The summed E-state index contributed by atoms with van der Waals surface area (Å²) in [5.74, 6) is -0.842. The van der Waals surface area contributed by atoms with E-state index < -0.39 is 5.97 Å². The molecule has 25 heavy (non-hydrogen) atoms. The van der Waals surface area contributed by atoms with Crippen LogP contribution < -0.4 is 5.32 Å². The first kappa shape index (κ1) is 21.8. The Morgan fingerprint density at radius 1 is 0.920 bits per heavy atom. The summed E-state index contributed by atoms with van der Waals surface area (Å²) in [5, 5.41) is 13.2. The van der Waals surface area contributed by atoms with Gasteiger partial charge in [0.25, 0.3) is 0 Å². The van der Waals surface area contributed by atoms with Crippen molar-refractivity contribution >= 4 is 22.3 Å². The largest absolute Gasteiger partial charge is 0.477 e. The Hall–Kier alpha value is -1.29. The monoisotopic (exact) mass is 365 g/mol. The van der Waals surface area contributed by atoms with E-state index in [1.165, 1.54) is 88.4 Å². The lowest BCUT2D eigenvalue weighted by molar-refractivity contribution is 0.0702. The number of rotatable bonds is 17. The van der Waals surface area contributed by atoms with Crippen molar-refractivity contribution in [2.24, 2.45) is 0 Å². The second-order valence-electron chi connectivity index (χ2n) is 6.72. The molecule has 1 aromatic rings. The van der Waals surface area contributed by atoms with Crippen molar-refractivity contribution < 1.29 is 9.90 Å². The third-order valence-corrected chi connectivity index (χ3v) is 5.48. The highest BCUT2D eigenvalue weighted by atomic mass is 32.1. The second-order valence-corrected chi connectivity index (χ2v) is 7.80. The molecule has 0 amide bonds. The Balaban J connectivity index is 1.80. The number of allylic oxidation sites excluding steroid dienone is 1. The van der Waals surface area contributed by atoms with Gasteiger partial charge >= 0.3 is 5.97 Å². The molecule has 1 rings (SSSR count). The SMILES string of the molecule is C=CCCCCCCCCCCCCCCNc1ccc(C(=O)O)s1. The van der Waals surface area contributed by atoms with Crippen LogP contribution in [0, 0.1) is 0 Å². The number of nitrogens with one attached hydrogen (secondary N) is 1. The van der Waals surface area contributed by atoms with Crippen molar-refractivity contribution in [1.29, 1.82) is 0 Å². The predicted molar refractivity (Wildman–Crippen MR) is 110 cm³/mol. The van der Waals surface area contributed by atoms with Crippen molar-refractivity contribution in [2.75, 3.05) is 11.9 Å². The summed E-state index contributed by atoms with van der Waals surface area (Å²) in [6.07, 6.45) is 19.3. The van der Waals surface area contributed by atoms with Gasteiger partial charge in [-0.15, -0.1) is 17.9 Å². The van der Waals surface area contributed by atoms with Gasteiger partial charge < -0.3 is 10.4 Å². The lowest BCUT2D eigenvalue weighted by atomic mass is 10.0. The van der Waals surface area contributed by atoms with Gasteiger partial charge in [-0.1, -0.05) is 70.3 Å². The maximum absolute atomic E-state index is 10.8. The van der Waals surface area contributed by atoms with Gasteiger partial charge in [-0.05, 0) is 31.4 Å². The molecule has 4 heteroatoms. The van der Waals surface area contributed by atoms with E-state index >= 15 is 0 Å². The predicted octanol–water partition coefficient (Wildman–Crippen LogP) is 7.12. The molecule has 0 spiro atoms. The molecule has 0 atom stereocenters. The second kappa shape index (κ2) is 15.0. The van der Waals surface area contributed by atoms with Gasteiger partial charge in [0.15, 0.2) is 0 Å². The van der Waals surface area contributed by atoms with Crippen LogP contribution in [-0.2, 0) is 0 Å². The van der Waals surface area contributed by atoms with E-state index in [-0.39, 0.29) is 0 Å². The van der Waals surface area contributed by atoms with Gasteiger partial charge in [0.05, 0.1) is 5.00 Å². The zero-order valence-corrected chi connectivity index (χ0v) is 16.4. The molecular formula is C21H35NO2S. The third-order valence-electron chi connectivity index (χ3n) is 4.45. The summed E-state index contributed by atoms with van der Waals surface area (Å²) < 4.78 is 0. The fourth-order valence-corrected chi connectivity index (χ4v) is 3.71. The van der Waals surface area contributed by atoms with Crippen molar-refractivity contribution in [2.45, 2.75) is 83.5 Å². The molecule has 0 saturated heterocycles. The van der Waals surface area contributed by atoms with Crippen LogP contribution in [0.3, 0.4) is 0 Å². The highest BCUT2D eigenvalue weighted by Crippen LogP contribution is 2.21. The van der Waals surface area contributed by atoms with Gasteiger partial charge in [0, 0.05) is 6.54 Å². The summed E-state index contributed by atoms with van der Waals surface area (Å²) in [7, 11) is 0. The molecule has 2 N–H and O–H groups in total. The molecule has 0 unspecified atom stereocenters. The zero-order valence-electron chi connectivity index (χ0n) is 15.6. The molecule has 0 saturated carbocycles. The molecule has 0 aliphatic rings. The highest BCUT2D eigenvalue weighted by molar-refractivity contribution is 7.17. The van der Waals surface area contributed by atoms with Crippen LogP contribution in [0.2, 0.25) is 0 Å². The number of aromatic carboxylic acids is 1. The minimum atomic E-state index is -0.842. The molecule has 1 aromatic heterocycles. The molecule has 3 nitrogen and oxygen atoms in total. The first-order valence-corrected chi connectivity index (χ1v) is 10.7. The summed E-state index contributed by atoms with van der Waals surface area (Å²) in [6.45, 7) is 4.69. The van der Waals surface area contributed by atoms with Crippen molar-refractivity contribution in [3.8, 4) is 0 Å². The van der Waals surface area contributed by atoms with E-state index in [0.29, 0.717) is 4.88 Å². The van der Waals surface area contributed by atoms with Crippen LogP contribution in [0.25, 0.3) is 0 Å². The minimum Gasteiger partial charge on any atom is -0.477 e. The lowest BCUT2D eigenvalue weighted by Crippen LogP contribution is -1.99. The number of hydrogen-bond acceptors (Lipinski definition) is 3. The summed E-state index contributed by atoms with van der Waals surface area (Å²) in [4.78, 5) is 11.2. The van der Waals surface area contributed by atoms with Gasteiger partial charge in [0.1, 0.15) is 4.88 Å². The van der Waals surface area contributed by atoms with Crippen molar-refractivity contribution in [3.63, 3.8) is 0 Å². The van der Waals surface area contributed by atoms with E-state index in [9.17, 15) is 4.79 Å². The molecule has 0 aromatic carbocycles. The lowest BCUT2D eigenvalue weighted by Gasteiger charge is -2.04. The summed E-state index contributed by atoms with van der Waals surface area (Å²) >= 11 is 1.31. The van der Waals surface area contributed by atoms with E-state index in [2.05, 4.69) is 11.9 Å². The minimum absolute atomic E-state index is 0.402. The van der Waals surface area contributed by atoms with E-state index in [0.717, 1.165) is 18.0 Å². The van der Waals surface area contributed by atoms with Gasteiger partial charge in [-0.3, -0.25) is 0 Å². The van der Waals surface area contributed by atoms with Crippen LogP contribution in [0.1, 0.15) is 93.1 Å². The quantitative estimate of drug-likeness (QED) is 0.228. The maximum atomic E-state index is 10.8. The van der Waals surface area contributed by atoms with Gasteiger partial charge in [0.2, 0.25) is 0 Å². The zero-order chi connectivity index (χ0) is 18.2. The highest BCUT2D eigenvalue weighted by Gasteiger charge is 2.05. The summed E-state index contributed by atoms with van der Waals surface area (Å²) in [5.41, 5.74) is 0. The Morgan fingerprint density at radius 2 is 1.44 bits per heavy atom. The van der Waals surface area contributed by atoms with Crippen molar-refractivity contribution in [1.82, 2.24) is 0 Å². The average molecular weight is 366 g/mol. The smallest absolute Gasteiger partial charge is 0.345 e. The number of thiophene rings is 1. The molecule has 0 bridgehead atoms. The molecular weight excluding hydrogens is 330 g/mol. The Kier molecular flexibility index (Phi) is 13.1. The molecule has 0 radical (unpaired) electrons. The number of anilines is 1. The Bertz CT molecular complexity index is 470. The van der Waals surface area contributed by atoms with E-state index in [4.69, 9.17) is 5.11 Å². The van der Waals surface area contributed by atoms with Gasteiger partial charge in [-0.25, -0.2) is 4.79 Å². The van der Waals surface area contributed by atoms with E-state index in [1.807, 2.05) is 12.1 Å². The topological polar surface area (TPSA) is 49.3 Å². The Labute approximate surface area is 157 Å². The van der Waals surface area contributed by atoms with E-state index in [1.54, 1.807) is 6.07 Å².